The number of carbonyl (C=O) groups is 2. The van der Waals surface area contributed by atoms with Crippen LogP contribution in [-0.4, -0.2) is 21.7 Å². The van der Waals surface area contributed by atoms with Crippen LogP contribution in [0.25, 0.3) is 11.0 Å². The lowest BCUT2D eigenvalue weighted by molar-refractivity contribution is 0.0996. The highest BCUT2D eigenvalue weighted by molar-refractivity contribution is 6.18. The largest absolute Gasteiger partial charge is 0.369 e. The van der Waals surface area contributed by atoms with Gasteiger partial charge in [0.05, 0.1) is 16.6 Å². The van der Waals surface area contributed by atoms with E-state index in [2.05, 4.69) is 15.3 Å². The minimum atomic E-state index is -0.332. The van der Waals surface area contributed by atoms with E-state index in [1.807, 2.05) is 31.2 Å². The van der Waals surface area contributed by atoms with Crippen molar-refractivity contribution in [2.75, 3.05) is 11.1 Å². The van der Waals surface area contributed by atoms with Gasteiger partial charge in [0.15, 0.2) is 11.7 Å². The van der Waals surface area contributed by atoms with E-state index >= 15 is 0 Å². The number of aryl methyl sites for hydroxylation is 1. The second-order valence-electron chi connectivity index (χ2n) is 6.55. The van der Waals surface area contributed by atoms with Crippen LogP contribution in [-0.2, 0) is 0 Å². The van der Waals surface area contributed by atoms with Gasteiger partial charge < -0.3 is 16.0 Å². The van der Waals surface area contributed by atoms with E-state index < -0.39 is 0 Å². The number of H-pyrrole nitrogens is 1. The van der Waals surface area contributed by atoms with Crippen LogP contribution >= 0.6 is 0 Å². The van der Waals surface area contributed by atoms with Gasteiger partial charge in [-0.25, -0.2) is 4.98 Å². The van der Waals surface area contributed by atoms with E-state index in [1.165, 1.54) is 0 Å². The molecule has 0 saturated carbocycles. The number of nitrogens with one attached hydrogen (secondary N) is 2. The zero-order valence-corrected chi connectivity index (χ0v) is 15.2. The molecule has 6 heteroatoms. The van der Waals surface area contributed by atoms with Gasteiger partial charge in [-0.3, -0.25) is 9.59 Å². The van der Waals surface area contributed by atoms with Gasteiger partial charge in [-0.15, -0.1) is 0 Å². The minimum absolute atomic E-state index is 0.245. The van der Waals surface area contributed by atoms with Crippen LogP contribution in [0, 0.1) is 6.92 Å². The fourth-order valence-corrected chi connectivity index (χ4v) is 3.13. The molecule has 6 nitrogen and oxygen atoms in total. The third-order valence-corrected chi connectivity index (χ3v) is 4.45. The number of ketones is 1. The van der Waals surface area contributed by atoms with Gasteiger partial charge in [0.2, 0.25) is 0 Å². The van der Waals surface area contributed by atoms with E-state index in [4.69, 9.17) is 5.73 Å². The zero-order chi connectivity index (χ0) is 19.7. The fourth-order valence-electron chi connectivity index (χ4n) is 3.13. The van der Waals surface area contributed by atoms with Gasteiger partial charge in [-0.05, 0) is 48.9 Å². The monoisotopic (exact) mass is 370 g/mol. The number of aromatic nitrogens is 2. The Morgan fingerprint density at radius 3 is 2.54 bits per heavy atom. The molecule has 0 aliphatic heterocycles. The molecular weight excluding hydrogens is 352 g/mol. The summed E-state index contributed by atoms with van der Waals surface area (Å²) in [6, 6.07) is 19.4. The Morgan fingerprint density at radius 1 is 0.964 bits per heavy atom. The van der Waals surface area contributed by atoms with Gasteiger partial charge >= 0.3 is 0 Å². The quantitative estimate of drug-likeness (QED) is 0.474. The standard InChI is InChI=1S/C22H18N4O2/c1-13-5-4-6-15(11-13)24-21(28)17-8-3-2-7-16(17)20(27)14-9-10-18-19(12-14)26-22(23)25-18/h2-12H,1H3,(H,24,28)(H3,23,25,26). The molecule has 0 bridgehead atoms. The lowest BCUT2D eigenvalue weighted by Gasteiger charge is -2.10. The van der Waals surface area contributed by atoms with Crippen molar-refractivity contribution >= 4 is 34.4 Å². The summed E-state index contributed by atoms with van der Waals surface area (Å²) in [6.45, 7) is 1.95. The Labute approximate surface area is 161 Å². The summed E-state index contributed by atoms with van der Waals surface area (Å²) in [5.74, 6) is -0.288. The zero-order valence-electron chi connectivity index (χ0n) is 15.2. The molecule has 1 heterocycles. The molecular formula is C22H18N4O2. The Bertz CT molecular complexity index is 1210. The summed E-state index contributed by atoms with van der Waals surface area (Å²) in [5.41, 5.74) is 9.84. The second-order valence-corrected chi connectivity index (χ2v) is 6.55. The molecule has 0 aliphatic rings. The number of nitrogens with zero attached hydrogens (tertiary/aromatic N) is 1. The van der Waals surface area contributed by atoms with Crippen LogP contribution in [0.2, 0.25) is 0 Å². The number of benzene rings is 3. The number of hydrogen-bond acceptors (Lipinski definition) is 4. The molecule has 4 N–H and O–H groups in total. The lowest BCUT2D eigenvalue weighted by Crippen LogP contribution is -2.17. The van der Waals surface area contributed by atoms with Crippen LogP contribution in [0.1, 0.15) is 31.8 Å². The molecule has 138 valence electrons. The van der Waals surface area contributed by atoms with Crippen LogP contribution < -0.4 is 11.1 Å². The maximum Gasteiger partial charge on any atom is 0.256 e. The minimum Gasteiger partial charge on any atom is -0.369 e. The van der Waals surface area contributed by atoms with Gasteiger partial charge in [0, 0.05) is 16.8 Å². The van der Waals surface area contributed by atoms with Gasteiger partial charge in [-0.1, -0.05) is 30.3 Å². The van der Waals surface area contributed by atoms with E-state index in [1.54, 1.807) is 42.5 Å². The molecule has 1 aromatic heterocycles. The topological polar surface area (TPSA) is 101 Å². The van der Waals surface area contributed by atoms with E-state index in [0.717, 1.165) is 5.56 Å². The highest BCUT2D eigenvalue weighted by Gasteiger charge is 2.19. The Kier molecular flexibility index (Phi) is 4.37. The lowest BCUT2D eigenvalue weighted by atomic mass is 9.97. The number of anilines is 2. The summed E-state index contributed by atoms with van der Waals surface area (Å²) < 4.78 is 0. The number of aromatic amines is 1. The molecule has 0 unspecified atom stereocenters. The summed E-state index contributed by atoms with van der Waals surface area (Å²) in [4.78, 5) is 32.9. The van der Waals surface area contributed by atoms with E-state index in [9.17, 15) is 9.59 Å². The first-order valence-electron chi connectivity index (χ1n) is 8.78. The van der Waals surface area contributed by atoms with Crippen LogP contribution in [0.15, 0.2) is 66.7 Å². The summed E-state index contributed by atoms with van der Waals surface area (Å²) in [6.07, 6.45) is 0. The number of hydrogen-bond donors (Lipinski definition) is 3. The number of rotatable bonds is 4. The summed E-state index contributed by atoms with van der Waals surface area (Å²) >= 11 is 0. The SMILES string of the molecule is Cc1cccc(NC(=O)c2ccccc2C(=O)c2ccc3nc(N)[nH]c3c2)c1. The third-order valence-electron chi connectivity index (χ3n) is 4.45. The molecule has 4 rings (SSSR count). The van der Waals surface area contributed by atoms with E-state index in [0.29, 0.717) is 33.4 Å². The fraction of sp³-hybridized carbons (Fsp3) is 0.0455. The average molecular weight is 370 g/mol. The van der Waals surface area contributed by atoms with Gasteiger partial charge in [0.1, 0.15) is 0 Å². The van der Waals surface area contributed by atoms with Crippen LogP contribution in [0.5, 0.6) is 0 Å². The van der Waals surface area contributed by atoms with Crippen molar-refractivity contribution in [2.45, 2.75) is 6.92 Å². The third kappa shape index (κ3) is 3.35. The van der Waals surface area contributed by atoms with Crippen molar-refractivity contribution < 1.29 is 9.59 Å². The van der Waals surface area contributed by atoms with Crippen molar-refractivity contribution in [2.24, 2.45) is 0 Å². The molecule has 0 radical (unpaired) electrons. The molecule has 0 aliphatic carbocycles. The smallest absolute Gasteiger partial charge is 0.256 e. The second kappa shape index (κ2) is 7.00. The summed E-state index contributed by atoms with van der Waals surface area (Å²) in [5, 5.41) is 2.85. The number of fused-ring (bicyclic) bond motifs is 1. The van der Waals surface area contributed by atoms with Crippen molar-refractivity contribution in [1.29, 1.82) is 0 Å². The van der Waals surface area contributed by atoms with Gasteiger partial charge in [-0.2, -0.15) is 0 Å². The number of nitrogens with two attached hydrogens (primary N) is 1. The highest BCUT2D eigenvalue weighted by atomic mass is 16.2. The van der Waals surface area contributed by atoms with Crippen molar-refractivity contribution in [3.63, 3.8) is 0 Å². The predicted octanol–water partition coefficient (Wildman–Crippen LogP) is 3.94. The molecule has 3 aromatic carbocycles. The van der Waals surface area contributed by atoms with Crippen molar-refractivity contribution in [3.05, 3.63) is 89.0 Å². The first kappa shape index (κ1) is 17.5. The highest BCUT2D eigenvalue weighted by Crippen LogP contribution is 2.20. The maximum atomic E-state index is 13.1. The number of amides is 1. The van der Waals surface area contributed by atoms with Gasteiger partial charge in [0.25, 0.3) is 5.91 Å². The first-order valence-corrected chi connectivity index (χ1v) is 8.78. The first-order chi connectivity index (χ1) is 13.5. The van der Waals surface area contributed by atoms with Crippen LogP contribution in [0.4, 0.5) is 11.6 Å². The molecule has 1 amide bonds. The molecule has 0 atom stereocenters. The summed E-state index contributed by atoms with van der Waals surface area (Å²) in [7, 11) is 0. The van der Waals surface area contributed by atoms with E-state index in [-0.39, 0.29) is 17.6 Å². The number of nitrogen functional groups attached to an aromatic ring is 1. The van der Waals surface area contributed by atoms with Crippen LogP contribution in [0.3, 0.4) is 0 Å². The molecule has 28 heavy (non-hydrogen) atoms. The number of carbonyl (C=O) groups excluding carboxylic acids is 2. The maximum absolute atomic E-state index is 13.1. The Hall–Kier alpha value is -3.93. The number of imidazole rings is 1. The average Bonchev–Trinajstić information content (AvgIpc) is 3.06. The molecule has 0 fully saturated rings. The Morgan fingerprint density at radius 2 is 1.75 bits per heavy atom. The van der Waals surface area contributed by atoms with Crippen molar-refractivity contribution in [1.82, 2.24) is 9.97 Å². The Balaban J connectivity index is 1.67. The predicted molar refractivity (Wildman–Crippen MR) is 110 cm³/mol. The normalized spacial score (nSPS) is 10.8. The molecule has 0 saturated heterocycles. The van der Waals surface area contributed by atoms with Crippen molar-refractivity contribution in [3.8, 4) is 0 Å². The molecule has 4 aromatic rings. The molecule has 0 spiro atoms.